The first-order valence-corrected chi connectivity index (χ1v) is 20.4. The molecule has 1 aliphatic heterocycles. The van der Waals surface area contributed by atoms with E-state index in [9.17, 15) is 55.1 Å². The van der Waals surface area contributed by atoms with Gasteiger partial charge in [0.1, 0.15) is 35.7 Å². The van der Waals surface area contributed by atoms with Crippen molar-refractivity contribution in [1.29, 1.82) is 0 Å². The van der Waals surface area contributed by atoms with Gasteiger partial charge < -0.3 is 30.9 Å². The molecule has 61 heavy (non-hydrogen) atoms. The Morgan fingerprint density at radius 2 is 1.49 bits per heavy atom. The van der Waals surface area contributed by atoms with Crippen molar-refractivity contribution in [1.82, 2.24) is 36.1 Å². The van der Waals surface area contributed by atoms with Gasteiger partial charge in [-0.15, -0.1) is 0 Å². The minimum atomic E-state index is -5.19. The Bertz CT molecular complexity index is 1900. The van der Waals surface area contributed by atoms with Gasteiger partial charge in [-0.25, -0.2) is 4.98 Å². The number of hydrogen-bond acceptors (Lipinski definition) is 9. The Hall–Kier alpha value is -5.30. The topological polar surface area (TPSA) is 189 Å². The molecule has 1 saturated heterocycles. The van der Waals surface area contributed by atoms with Crippen LogP contribution in [-0.2, 0) is 36.3 Å². The van der Waals surface area contributed by atoms with Crippen LogP contribution >= 0.6 is 0 Å². The van der Waals surface area contributed by atoms with E-state index >= 15 is 0 Å². The van der Waals surface area contributed by atoms with Gasteiger partial charge in [-0.1, -0.05) is 53.4 Å². The number of aromatic nitrogens is 2. The number of ether oxygens (including phenoxy) is 1. The highest BCUT2D eigenvalue weighted by Gasteiger charge is 2.48. The van der Waals surface area contributed by atoms with Gasteiger partial charge in [0.05, 0.1) is 29.9 Å². The lowest BCUT2D eigenvalue weighted by atomic mass is 9.82. The van der Waals surface area contributed by atoms with Crippen LogP contribution in [0.15, 0.2) is 36.8 Å². The third kappa shape index (κ3) is 12.4. The fourth-order valence-corrected chi connectivity index (χ4v) is 7.57. The number of likely N-dealkylation sites (tertiary alicyclic amines) is 1. The molecular formula is C41H51F6N7O7. The van der Waals surface area contributed by atoms with Crippen molar-refractivity contribution >= 4 is 35.3 Å². The number of Topliss-reactive ketones (excluding diaryl/α,β-unsaturated/α-hetero) is 1. The summed E-state index contributed by atoms with van der Waals surface area (Å²) in [5, 5.41) is 10.6. The first-order chi connectivity index (χ1) is 28.6. The van der Waals surface area contributed by atoms with Gasteiger partial charge in [-0.2, -0.15) is 26.3 Å². The molecule has 3 fully saturated rings. The zero-order valence-corrected chi connectivity index (χ0v) is 34.3. The molecule has 0 bridgehead atoms. The van der Waals surface area contributed by atoms with Crippen molar-refractivity contribution in [3.05, 3.63) is 53.6 Å². The van der Waals surface area contributed by atoms with Gasteiger partial charge >= 0.3 is 12.4 Å². The summed E-state index contributed by atoms with van der Waals surface area (Å²) in [6.45, 7) is 6.04. The Labute approximate surface area is 348 Å². The second-order valence-corrected chi connectivity index (χ2v) is 16.9. The van der Waals surface area contributed by atoms with Crippen LogP contribution in [0.5, 0.6) is 5.75 Å². The lowest BCUT2D eigenvalue weighted by Gasteiger charge is -2.37. The number of nitrogens with one attached hydrogen (secondary N) is 4. The fraction of sp³-hybridized carbons (Fsp3) is 0.610. The van der Waals surface area contributed by atoms with E-state index in [2.05, 4.69) is 31.2 Å². The van der Waals surface area contributed by atoms with E-state index < -0.39 is 113 Å². The molecule has 334 valence electrons. The Kier molecular flexibility index (Phi) is 14.7. The molecule has 1 aromatic heterocycles. The molecule has 5 atom stereocenters. The molecular weight excluding hydrogens is 816 g/mol. The number of carbonyl (C=O) groups excluding carboxylic acids is 6. The number of benzene rings is 1. The highest BCUT2D eigenvalue weighted by atomic mass is 19.4. The third-order valence-electron chi connectivity index (χ3n) is 10.9. The largest absolute Gasteiger partial charge is 0.488 e. The normalized spacial score (nSPS) is 20.2. The number of halogens is 6. The van der Waals surface area contributed by atoms with Crippen LogP contribution in [0.2, 0.25) is 0 Å². The van der Waals surface area contributed by atoms with Crippen molar-refractivity contribution < 1.29 is 59.8 Å². The Morgan fingerprint density at radius 1 is 0.852 bits per heavy atom. The molecule has 2 heterocycles. The van der Waals surface area contributed by atoms with Gasteiger partial charge in [0.25, 0.3) is 11.8 Å². The lowest BCUT2D eigenvalue weighted by Crippen LogP contribution is -2.62. The summed E-state index contributed by atoms with van der Waals surface area (Å²) in [5.74, 6) is -6.21. The van der Waals surface area contributed by atoms with Crippen LogP contribution in [0, 0.1) is 11.3 Å². The zero-order valence-electron chi connectivity index (χ0n) is 34.3. The summed E-state index contributed by atoms with van der Waals surface area (Å²) < 4.78 is 88.2. The van der Waals surface area contributed by atoms with E-state index in [0.29, 0.717) is 44.2 Å². The molecule has 5 rings (SSSR count). The second kappa shape index (κ2) is 19.2. The molecule has 2 aromatic rings. The summed E-state index contributed by atoms with van der Waals surface area (Å²) in [4.78, 5) is 91.3. The molecule has 2 aliphatic carbocycles. The van der Waals surface area contributed by atoms with Gasteiger partial charge in [0, 0.05) is 24.9 Å². The maximum absolute atomic E-state index is 14.8. The van der Waals surface area contributed by atoms with E-state index in [1.54, 1.807) is 27.7 Å². The Morgan fingerprint density at radius 3 is 2.03 bits per heavy atom. The van der Waals surface area contributed by atoms with Crippen LogP contribution in [0.4, 0.5) is 26.3 Å². The number of carbonyl (C=O) groups is 6. The molecule has 0 spiro atoms. The summed E-state index contributed by atoms with van der Waals surface area (Å²) in [6.07, 6.45) is -2.90. The number of ketones is 1. The minimum absolute atomic E-state index is 0.0250. The highest BCUT2D eigenvalue weighted by Crippen LogP contribution is 2.39. The summed E-state index contributed by atoms with van der Waals surface area (Å²) in [5.41, 5.74) is -4.43. The highest BCUT2D eigenvalue weighted by molar-refractivity contribution is 6.38. The van der Waals surface area contributed by atoms with E-state index in [-0.39, 0.29) is 30.1 Å². The van der Waals surface area contributed by atoms with Crippen LogP contribution in [0.25, 0.3) is 0 Å². The molecule has 4 N–H and O–H groups in total. The number of nitrogens with zero attached hydrogens (tertiary/aromatic N) is 3. The lowest BCUT2D eigenvalue weighted by molar-refractivity contribution is -0.145. The first-order valence-electron chi connectivity index (χ1n) is 20.4. The molecule has 0 radical (unpaired) electrons. The number of hydrogen-bond donors (Lipinski definition) is 4. The predicted molar refractivity (Wildman–Crippen MR) is 205 cm³/mol. The summed E-state index contributed by atoms with van der Waals surface area (Å²) in [6, 6.07) is -4.90. The van der Waals surface area contributed by atoms with Crippen LogP contribution in [0.3, 0.4) is 0 Å². The van der Waals surface area contributed by atoms with Crippen LogP contribution in [-0.4, -0.2) is 93.0 Å². The second-order valence-electron chi connectivity index (χ2n) is 16.9. The van der Waals surface area contributed by atoms with Gasteiger partial charge in [0.2, 0.25) is 23.5 Å². The average molecular weight is 868 g/mol. The SMILES string of the molecule is CCC[C@H](NC(=O)C1C[C@@H](Oc2cc(C(F)(F)F)cc(C(F)(F)F)c2)CN1C(=O)[C@@H](NC(=O)[C@@H](NC(=O)c1cnccn1)C1CCCCC1)C(C)(C)C)C(=O)C(=O)NC1CC1. The molecule has 14 nitrogen and oxygen atoms in total. The van der Waals surface area contributed by atoms with Crippen molar-refractivity contribution in [2.24, 2.45) is 11.3 Å². The van der Waals surface area contributed by atoms with Crippen molar-refractivity contribution in [3.63, 3.8) is 0 Å². The van der Waals surface area contributed by atoms with E-state index in [4.69, 9.17) is 4.74 Å². The summed E-state index contributed by atoms with van der Waals surface area (Å²) >= 11 is 0. The number of rotatable bonds is 15. The van der Waals surface area contributed by atoms with Gasteiger partial charge in [-0.3, -0.25) is 33.8 Å². The average Bonchev–Trinajstić information content (AvgIpc) is 3.92. The molecule has 1 unspecified atom stereocenters. The molecule has 20 heteroatoms. The fourth-order valence-electron chi connectivity index (χ4n) is 7.57. The standard InChI is InChI=1S/C41H51F6N7O7/c1-5-9-28(32(55)37(59)50-25-12-13-25)51-35(57)30-19-27(61-26-17-23(40(42,43)44)16-24(18-26)41(45,46)47)21-54(30)38(60)33(39(2,3)4)53-36(58)31(22-10-7-6-8-11-22)52-34(56)29-20-48-14-15-49-29/h14-18,20,22,25,27-28,30-31,33H,5-13,19,21H2,1-4H3,(H,50,59)(H,51,57)(H,52,56)(H,53,58)/t27-,28+,30?,31+,33-/m1/s1. The maximum Gasteiger partial charge on any atom is 0.416 e. The monoisotopic (exact) mass is 867 g/mol. The van der Waals surface area contributed by atoms with Crippen molar-refractivity contribution in [2.45, 2.75) is 141 Å². The number of amides is 5. The van der Waals surface area contributed by atoms with E-state index in [1.165, 1.54) is 18.6 Å². The van der Waals surface area contributed by atoms with Crippen LogP contribution < -0.4 is 26.0 Å². The van der Waals surface area contributed by atoms with Crippen molar-refractivity contribution in [3.8, 4) is 5.75 Å². The Balaban J connectivity index is 1.46. The van der Waals surface area contributed by atoms with Gasteiger partial charge in [-0.05, 0) is 61.6 Å². The minimum Gasteiger partial charge on any atom is -0.488 e. The molecule has 2 saturated carbocycles. The molecule has 5 amide bonds. The van der Waals surface area contributed by atoms with Gasteiger partial charge in [0.15, 0.2) is 0 Å². The molecule has 1 aromatic carbocycles. The first kappa shape index (κ1) is 46.8. The smallest absolute Gasteiger partial charge is 0.416 e. The third-order valence-corrected chi connectivity index (χ3v) is 10.9. The quantitative estimate of drug-likeness (QED) is 0.143. The number of alkyl halides is 6. The van der Waals surface area contributed by atoms with E-state index in [1.807, 2.05) is 0 Å². The summed E-state index contributed by atoms with van der Waals surface area (Å²) in [7, 11) is 0. The van der Waals surface area contributed by atoms with Crippen molar-refractivity contribution in [2.75, 3.05) is 6.54 Å². The molecule has 3 aliphatic rings. The predicted octanol–water partition coefficient (Wildman–Crippen LogP) is 4.90. The van der Waals surface area contributed by atoms with E-state index in [0.717, 1.165) is 24.2 Å². The zero-order chi connectivity index (χ0) is 44.9. The van der Waals surface area contributed by atoms with Crippen LogP contribution in [0.1, 0.15) is 114 Å². The maximum atomic E-state index is 14.8.